The lowest BCUT2D eigenvalue weighted by Gasteiger charge is -2.38. The van der Waals surface area contributed by atoms with Gasteiger partial charge in [0.1, 0.15) is 6.54 Å². The van der Waals surface area contributed by atoms with Gasteiger partial charge in [0.05, 0.1) is 0 Å². The molecule has 0 N–H and O–H groups in total. The molecular weight excluding hydrogens is 140 g/mol. The summed E-state index contributed by atoms with van der Waals surface area (Å²) in [7, 11) is 0. The van der Waals surface area contributed by atoms with Crippen molar-refractivity contribution in [1.29, 1.82) is 0 Å². The number of rotatable bonds is 2. The van der Waals surface area contributed by atoms with Crippen LogP contribution in [0.15, 0.2) is 16.9 Å². The Labute approximate surface area is 66.0 Å². The number of nitroso groups, excluding NO2 is 1. The lowest BCUT2D eigenvalue weighted by molar-refractivity contribution is 0.229. The predicted molar refractivity (Wildman–Crippen MR) is 43.0 cm³/mol. The van der Waals surface area contributed by atoms with Crippen LogP contribution < -0.4 is 0 Å². The SMILES string of the molecule is O=NCC1=CN2CCC1CC2. The molecule has 1 fully saturated rings. The summed E-state index contributed by atoms with van der Waals surface area (Å²) in [5.74, 6) is 0.665. The molecule has 60 valence electrons. The molecule has 0 saturated carbocycles. The Morgan fingerprint density at radius 2 is 2.27 bits per heavy atom. The Morgan fingerprint density at radius 1 is 1.55 bits per heavy atom. The van der Waals surface area contributed by atoms with Crippen LogP contribution in [0.4, 0.5) is 0 Å². The third kappa shape index (κ3) is 1.15. The van der Waals surface area contributed by atoms with Crippen LogP contribution >= 0.6 is 0 Å². The van der Waals surface area contributed by atoms with Crippen LogP contribution in [-0.4, -0.2) is 24.5 Å². The highest BCUT2D eigenvalue weighted by Crippen LogP contribution is 2.30. The summed E-state index contributed by atoms with van der Waals surface area (Å²) in [6.07, 6.45) is 4.57. The van der Waals surface area contributed by atoms with E-state index in [1.807, 2.05) is 0 Å². The van der Waals surface area contributed by atoms with E-state index in [0.29, 0.717) is 12.5 Å². The summed E-state index contributed by atoms with van der Waals surface area (Å²) in [6, 6.07) is 0. The van der Waals surface area contributed by atoms with Crippen molar-refractivity contribution in [2.45, 2.75) is 12.8 Å². The van der Waals surface area contributed by atoms with E-state index in [1.54, 1.807) is 0 Å². The normalized spacial score (nSPS) is 23.6. The fourth-order valence-electron chi connectivity index (χ4n) is 1.98. The summed E-state index contributed by atoms with van der Waals surface area (Å²) >= 11 is 0. The smallest absolute Gasteiger partial charge is 0.104 e. The van der Waals surface area contributed by atoms with E-state index in [-0.39, 0.29) is 0 Å². The van der Waals surface area contributed by atoms with Gasteiger partial charge in [-0.25, -0.2) is 0 Å². The topological polar surface area (TPSA) is 32.7 Å². The van der Waals surface area contributed by atoms with Gasteiger partial charge in [-0.2, -0.15) is 4.91 Å². The zero-order valence-electron chi connectivity index (χ0n) is 6.49. The van der Waals surface area contributed by atoms with E-state index in [9.17, 15) is 4.91 Å². The molecule has 2 bridgehead atoms. The average molecular weight is 152 g/mol. The van der Waals surface area contributed by atoms with Gasteiger partial charge in [-0.1, -0.05) is 5.18 Å². The van der Waals surface area contributed by atoms with Gasteiger partial charge in [-0.05, 0) is 24.3 Å². The van der Waals surface area contributed by atoms with Crippen molar-refractivity contribution in [3.8, 4) is 0 Å². The Morgan fingerprint density at radius 3 is 2.73 bits per heavy atom. The third-order valence-corrected chi connectivity index (χ3v) is 2.65. The molecule has 0 aromatic heterocycles. The van der Waals surface area contributed by atoms with Crippen LogP contribution in [0, 0.1) is 10.8 Å². The van der Waals surface area contributed by atoms with Gasteiger partial charge in [-0.3, -0.25) is 0 Å². The predicted octanol–water partition coefficient (Wildman–Crippen LogP) is 1.36. The summed E-state index contributed by atoms with van der Waals surface area (Å²) in [4.78, 5) is 12.3. The Bertz CT molecular complexity index is 192. The minimum Gasteiger partial charge on any atom is -0.377 e. The van der Waals surface area contributed by atoms with E-state index in [2.05, 4.69) is 16.3 Å². The minimum atomic E-state index is 0.404. The molecule has 3 aliphatic heterocycles. The second-order valence-electron chi connectivity index (χ2n) is 3.30. The van der Waals surface area contributed by atoms with Crippen molar-refractivity contribution >= 4 is 0 Å². The van der Waals surface area contributed by atoms with Crippen LogP contribution in [0.1, 0.15) is 12.8 Å². The molecular formula is C8H12N2O. The van der Waals surface area contributed by atoms with Gasteiger partial charge < -0.3 is 4.90 Å². The van der Waals surface area contributed by atoms with E-state index in [4.69, 9.17) is 0 Å². The molecule has 3 heteroatoms. The molecule has 3 aliphatic rings. The van der Waals surface area contributed by atoms with E-state index in [0.717, 1.165) is 0 Å². The first kappa shape index (κ1) is 6.83. The molecule has 0 amide bonds. The Kier molecular flexibility index (Phi) is 1.64. The molecule has 0 atom stereocenters. The number of hydrogen-bond acceptors (Lipinski definition) is 3. The first-order valence-corrected chi connectivity index (χ1v) is 4.14. The van der Waals surface area contributed by atoms with Crippen molar-refractivity contribution in [2.75, 3.05) is 19.6 Å². The van der Waals surface area contributed by atoms with Crippen LogP contribution in [0.3, 0.4) is 0 Å². The van der Waals surface area contributed by atoms with Crippen LogP contribution in [0.2, 0.25) is 0 Å². The van der Waals surface area contributed by atoms with E-state index in [1.165, 1.54) is 31.5 Å². The Balaban J connectivity index is 2.13. The summed E-state index contributed by atoms with van der Waals surface area (Å²) in [5, 5.41) is 2.93. The van der Waals surface area contributed by atoms with Crippen molar-refractivity contribution in [3.63, 3.8) is 0 Å². The third-order valence-electron chi connectivity index (χ3n) is 2.65. The number of piperidine rings is 1. The highest BCUT2D eigenvalue weighted by molar-refractivity contribution is 5.14. The maximum absolute atomic E-state index is 10.0. The van der Waals surface area contributed by atoms with Crippen molar-refractivity contribution in [2.24, 2.45) is 11.1 Å². The van der Waals surface area contributed by atoms with Crippen molar-refractivity contribution in [3.05, 3.63) is 16.7 Å². The monoisotopic (exact) mass is 152 g/mol. The lowest BCUT2D eigenvalue weighted by atomic mass is 9.86. The highest BCUT2D eigenvalue weighted by Gasteiger charge is 2.26. The molecule has 0 aromatic rings. The fourth-order valence-corrected chi connectivity index (χ4v) is 1.98. The number of fused-ring (bicyclic) bond motifs is 2. The van der Waals surface area contributed by atoms with E-state index < -0.39 is 0 Å². The van der Waals surface area contributed by atoms with Gasteiger partial charge in [0.15, 0.2) is 0 Å². The van der Waals surface area contributed by atoms with Crippen molar-refractivity contribution in [1.82, 2.24) is 4.90 Å². The minimum absolute atomic E-state index is 0.404. The zero-order chi connectivity index (χ0) is 7.68. The fraction of sp³-hybridized carbons (Fsp3) is 0.750. The van der Waals surface area contributed by atoms with Gasteiger partial charge in [0.25, 0.3) is 0 Å². The molecule has 0 unspecified atom stereocenters. The maximum atomic E-state index is 10.0. The first-order chi connectivity index (χ1) is 5.40. The molecule has 0 aliphatic carbocycles. The highest BCUT2D eigenvalue weighted by atomic mass is 16.3. The maximum Gasteiger partial charge on any atom is 0.104 e. The largest absolute Gasteiger partial charge is 0.377 e. The number of nitrogens with zero attached hydrogens (tertiary/aromatic N) is 2. The Hall–Kier alpha value is -0.860. The molecule has 0 aromatic carbocycles. The quantitative estimate of drug-likeness (QED) is 0.560. The second-order valence-corrected chi connectivity index (χ2v) is 3.30. The van der Waals surface area contributed by atoms with Crippen LogP contribution in [0.5, 0.6) is 0 Å². The van der Waals surface area contributed by atoms with Gasteiger partial charge in [-0.15, -0.1) is 0 Å². The zero-order valence-corrected chi connectivity index (χ0v) is 6.49. The van der Waals surface area contributed by atoms with Gasteiger partial charge in [0.2, 0.25) is 0 Å². The molecule has 11 heavy (non-hydrogen) atoms. The standard InChI is InChI=1S/C8H12N2O/c11-9-5-8-6-10-3-1-7(8)2-4-10/h6-7H,1-5H2. The van der Waals surface area contributed by atoms with Gasteiger partial charge in [0, 0.05) is 19.3 Å². The van der Waals surface area contributed by atoms with Crippen LogP contribution in [-0.2, 0) is 0 Å². The summed E-state index contributed by atoms with van der Waals surface area (Å²) in [6.45, 7) is 2.75. The molecule has 0 spiro atoms. The van der Waals surface area contributed by atoms with Gasteiger partial charge >= 0.3 is 0 Å². The molecule has 3 nitrogen and oxygen atoms in total. The molecule has 0 radical (unpaired) electrons. The average Bonchev–Trinajstić information content (AvgIpc) is 2.07. The summed E-state index contributed by atoms with van der Waals surface area (Å²) < 4.78 is 0. The molecule has 3 rings (SSSR count). The first-order valence-electron chi connectivity index (χ1n) is 4.14. The van der Waals surface area contributed by atoms with Crippen LogP contribution in [0.25, 0.3) is 0 Å². The van der Waals surface area contributed by atoms with Crippen molar-refractivity contribution < 1.29 is 0 Å². The molecule has 3 heterocycles. The molecule has 1 saturated heterocycles. The second kappa shape index (κ2) is 2.64. The lowest BCUT2D eigenvalue weighted by Crippen LogP contribution is -2.36. The summed E-state index contributed by atoms with van der Waals surface area (Å²) in [5.41, 5.74) is 1.25. The van der Waals surface area contributed by atoms with E-state index >= 15 is 0 Å². The number of hydrogen-bond donors (Lipinski definition) is 0.